The number of nitrogens with two attached hydrogens (primary N) is 1. The second-order valence-corrected chi connectivity index (χ2v) is 5.03. The molecular formula is C11H16BrFN2. The van der Waals surface area contributed by atoms with E-state index in [4.69, 9.17) is 5.73 Å². The summed E-state index contributed by atoms with van der Waals surface area (Å²) in [5, 5.41) is 3.08. The summed E-state index contributed by atoms with van der Waals surface area (Å²) in [5.74, 6) is -0.269. The monoisotopic (exact) mass is 274 g/mol. The molecule has 15 heavy (non-hydrogen) atoms. The third-order valence-electron chi connectivity index (χ3n) is 2.71. The van der Waals surface area contributed by atoms with Gasteiger partial charge in [-0.15, -0.1) is 0 Å². The molecule has 0 amide bonds. The van der Waals surface area contributed by atoms with Crippen LogP contribution < -0.4 is 11.1 Å². The summed E-state index contributed by atoms with van der Waals surface area (Å²) in [6, 6.07) is 4.42. The van der Waals surface area contributed by atoms with Gasteiger partial charge in [-0.1, -0.05) is 15.9 Å². The van der Waals surface area contributed by atoms with E-state index in [9.17, 15) is 4.39 Å². The Labute approximate surface area is 98.2 Å². The minimum absolute atomic E-state index is 0.269. The van der Waals surface area contributed by atoms with Crippen molar-refractivity contribution in [3.63, 3.8) is 0 Å². The van der Waals surface area contributed by atoms with E-state index in [1.807, 2.05) is 20.9 Å². The third-order valence-corrected chi connectivity index (χ3v) is 3.21. The fraction of sp³-hybridized carbons (Fsp3) is 0.455. The van der Waals surface area contributed by atoms with Crippen LogP contribution in [0.15, 0.2) is 22.7 Å². The summed E-state index contributed by atoms with van der Waals surface area (Å²) in [6.07, 6.45) is 0. The molecule has 0 aromatic heterocycles. The summed E-state index contributed by atoms with van der Waals surface area (Å²) < 4.78 is 14.4. The summed E-state index contributed by atoms with van der Waals surface area (Å²) in [6.45, 7) is 3.88. The number of hydrogen-bond acceptors (Lipinski definition) is 2. The smallest absolute Gasteiger partial charge is 0.128 e. The fourth-order valence-electron chi connectivity index (χ4n) is 1.30. The minimum Gasteiger partial charge on any atom is -0.322 e. The number of hydrogen-bond donors (Lipinski definition) is 2. The van der Waals surface area contributed by atoms with Crippen molar-refractivity contribution >= 4 is 15.9 Å². The van der Waals surface area contributed by atoms with E-state index in [1.165, 1.54) is 6.07 Å². The van der Waals surface area contributed by atoms with Crippen LogP contribution in [-0.4, -0.2) is 12.6 Å². The maximum absolute atomic E-state index is 13.6. The number of rotatable bonds is 3. The Bertz CT molecular complexity index is 352. The summed E-state index contributed by atoms with van der Waals surface area (Å²) in [7, 11) is 1.82. The van der Waals surface area contributed by atoms with Crippen LogP contribution in [0.25, 0.3) is 0 Å². The highest BCUT2D eigenvalue weighted by molar-refractivity contribution is 9.10. The van der Waals surface area contributed by atoms with Gasteiger partial charge in [0.05, 0.1) is 6.04 Å². The predicted molar refractivity (Wildman–Crippen MR) is 64.2 cm³/mol. The Morgan fingerprint density at radius 2 is 2.07 bits per heavy atom. The second-order valence-electron chi connectivity index (χ2n) is 4.12. The fourth-order valence-corrected chi connectivity index (χ4v) is 1.68. The van der Waals surface area contributed by atoms with Gasteiger partial charge >= 0.3 is 0 Å². The zero-order valence-corrected chi connectivity index (χ0v) is 10.7. The van der Waals surface area contributed by atoms with Gasteiger partial charge in [0, 0.05) is 15.6 Å². The summed E-state index contributed by atoms with van der Waals surface area (Å²) >= 11 is 3.31. The second kappa shape index (κ2) is 4.60. The lowest BCUT2D eigenvalue weighted by molar-refractivity contribution is 0.341. The van der Waals surface area contributed by atoms with E-state index in [1.54, 1.807) is 12.1 Å². The van der Waals surface area contributed by atoms with E-state index >= 15 is 0 Å². The van der Waals surface area contributed by atoms with E-state index in [2.05, 4.69) is 21.2 Å². The molecule has 3 N–H and O–H groups in total. The Kier molecular flexibility index (Phi) is 3.87. The van der Waals surface area contributed by atoms with Crippen LogP contribution in [0.4, 0.5) is 4.39 Å². The summed E-state index contributed by atoms with van der Waals surface area (Å²) in [4.78, 5) is 0. The van der Waals surface area contributed by atoms with Crippen LogP contribution in [0, 0.1) is 5.82 Å². The SMILES string of the molecule is CNC(C)(C)C(N)c1cc(Br)ccc1F. The predicted octanol–water partition coefficient (Wildman–Crippen LogP) is 2.59. The zero-order chi connectivity index (χ0) is 11.6. The molecule has 1 rings (SSSR count). The summed E-state index contributed by atoms with van der Waals surface area (Å²) in [5.41, 5.74) is 6.20. The van der Waals surface area contributed by atoms with E-state index in [0.717, 1.165) is 4.47 Å². The molecule has 0 radical (unpaired) electrons. The minimum atomic E-state index is -0.389. The largest absolute Gasteiger partial charge is 0.322 e. The molecule has 0 aliphatic carbocycles. The van der Waals surface area contributed by atoms with Gasteiger partial charge in [0.25, 0.3) is 0 Å². The van der Waals surface area contributed by atoms with Gasteiger partial charge in [-0.3, -0.25) is 0 Å². The molecule has 0 saturated heterocycles. The average molecular weight is 275 g/mol. The van der Waals surface area contributed by atoms with Gasteiger partial charge in [-0.05, 0) is 39.1 Å². The van der Waals surface area contributed by atoms with Crippen molar-refractivity contribution in [3.8, 4) is 0 Å². The topological polar surface area (TPSA) is 38.0 Å². The molecule has 0 bridgehead atoms. The quantitative estimate of drug-likeness (QED) is 0.889. The average Bonchev–Trinajstić information content (AvgIpc) is 2.20. The maximum atomic E-state index is 13.6. The lowest BCUT2D eigenvalue weighted by Gasteiger charge is -2.31. The van der Waals surface area contributed by atoms with Gasteiger partial charge in [-0.2, -0.15) is 0 Å². The molecule has 0 aliphatic heterocycles. The first-order valence-electron chi connectivity index (χ1n) is 4.78. The van der Waals surface area contributed by atoms with Gasteiger partial charge in [0.2, 0.25) is 0 Å². The van der Waals surface area contributed by atoms with E-state index < -0.39 is 0 Å². The Morgan fingerprint density at radius 3 is 2.60 bits per heavy atom. The first kappa shape index (κ1) is 12.6. The van der Waals surface area contributed by atoms with Crippen molar-refractivity contribution in [2.75, 3.05) is 7.05 Å². The van der Waals surface area contributed by atoms with Crippen molar-refractivity contribution in [2.24, 2.45) is 5.73 Å². The molecule has 2 nitrogen and oxygen atoms in total. The normalized spacial score (nSPS) is 14.0. The van der Waals surface area contributed by atoms with Crippen molar-refractivity contribution in [3.05, 3.63) is 34.1 Å². The standard InChI is InChI=1S/C11H16BrFN2/c1-11(2,15-3)10(14)8-6-7(12)4-5-9(8)13/h4-6,10,15H,14H2,1-3H3. The number of halogens is 2. The molecule has 0 saturated carbocycles. The van der Waals surface area contributed by atoms with Crippen LogP contribution in [-0.2, 0) is 0 Å². The van der Waals surface area contributed by atoms with Crippen LogP contribution in [0.5, 0.6) is 0 Å². The maximum Gasteiger partial charge on any atom is 0.128 e. The third kappa shape index (κ3) is 2.77. The molecule has 0 spiro atoms. The van der Waals surface area contributed by atoms with Crippen LogP contribution in [0.1, 0.15) is 25.5 Å². The number of nitrogens with one attached hydrogen (secondary N) is 1. The lowest BCUT2D eigenvalue weighted by Crippen LogP contribution is -2.46. The molecule has 1 atom stereocenters. The molecule has 1 aromatic rings. The lowest BCUT2D eigenvalue weighted by atomic mass is 9.89. The number of likely N-dealkylation sites (N-methyl/N-ethyl adjacent to an activating group) is 1. The Balaban J connectivity index is 3.10. The van der Waals surface area contributed by atoms with Gasteiger partial charge < -0.3 is 11.1 Å². The molecule has 0 fully saturated rings. The molecule has 0 aliphatic rings. The zero-order valence-electron chi connectivity index (χ0n) is 9.14. The first-order valence-corrected chi connectivity index (χ1v) is 5.57. The van der Waals surface area contributed by atoms with E-state index in [0.29, 0.717) is 5.56 Å². The van der Waals surface area contributed by atoms with E-state index in [-0.39, 0.29) is 17.4 Å². The molecule has 4 heteroatoms. The number of benzene rings is 1. The van der Waals surface area contributed by atoms with Crippen molar-refractivity contribution in [2.45, 2.75) is 25.4 Å². The van der Waals surface area contributed by atoms with Gasteiger partial charge in [0.1, 0.15) is 5.82 Å². The van der Waals surface area contributed by atoms with Crippen molar-refractivity contribution in [1.29, 1.82) is 0 Å². The molecule has 0 heterocycles. The van der Waals surface area contributed by atoms with Crippen molar-refractivity contribution in [1.82, 2.24) is 5.32 Å². The van der Waals surface area contributed by atoms with Crippen LogP contribution >= 0.6 is 15.9 Å². The molecule has 84 valence electrons. The van der Waals surface area contributed by atoms with Crippen LogP contribution in [0.2, 0.25) is 0 Å². The highest BCUT2D eigenvalue weighted by atomic mass is 79.9. The first-order chi connectivity index (χ1) is 6.88. The Morgan fingerprint density at radius 1 is 1.47 bits per heavy atom. The molecule has 1 aromatic carbocycles. The van der Waals surface area contributed by atoms with Gasteiger partial charge in [0.15, 0.2) is 0 Å². The van der Waals surface area contributed by atoms with Crippen LogP contribution in [0.3, 0.4) is 0 Å². The molecule has 1 unspecified atom stereocenters. The molecular weight excluding hydrogens is 259 g/mol. The highest BCUT2D eigenvalue weighted by Crippen LogP contribution is 2.27. The van der Waals surface area contributed by atoms with Crippen molar-refractivity contribution < 1.29 is 4.39 Å². The van der Waals surface area contributed by atoms with Gasteiger partial charge in [-0.25, -0.2) is 4.39 Å². The Hall–Kier alpha value is -0.450. The highest BCUT2D eigenvalue weighted by Gasteiger charge is 2.27.